The molecule has 3 aromatic rings. The molecular weight excluding hydrogens is 476 g/mol. The number of carbonyl (C=O) groups is 1. The number of rotatable bonds is 7. The van der Waals surface area contributed by atoms with Crippen molar-refractivity contribution in [2.75, 3.05) is 20.8 Å². The molecule has 3 N–H and O–H groups in total. The molecular formula is C27H26N4O4S. The molecule has 0 aliphatic carbocycles. The van der Waals surface area contributed by atoms with E-state index in [0.29, 0.717) is 38.4 Å². The number of ether oxygens (including phenoxy) is 2. The maximum absolute atomic E-state index is 13.5. The third kappa shape index (κ3) is 4.51. The van der Waals surface area contributed by atoms with Gasteiger partial charge in [-0.15, -0.1) is 11.3 Å². The van der Waals surface area contributed by atoms with Crippen LogP contribution < -0.4 is 35.3 Å². The molecule has 36 heavy (non-hydrogen) atoms. The third-order valence-corrected chi connectivity index (χ3v) is 7.02. The molecule has 1 amide bonds. The number of benzene rings is 2. The molecule has 1 unspecified atom stereocenters. The smallest absolute Gasteiger partial charge is 0.274 e. The van der Waals surface area contributed by atoms with Crippen LogP contribution in [-0.4, -0.2) is 31.2 Å². The Morgan fingerprint density at radius 1 is 1.14 bits per heavy atom. The molecule has 1 aromatic heterocycles. The van der Waals surface area contributed by atoms with Gasteiger partial charge in [0.25, 0.3) is 11.5 Å². The number of nitrogens with two attached hydrogens (primary N) is 1. The highest BCUT2D eigenvalue weighted by atomic mass is 32.1. The molecule has 1 aliphatic heterocycles. The molecule has 2 heterocycles. The van der Waals surface area contributed by atoms with Gasteiger partial charge in [0.05, 0.1) is 41.9 Å². The molecule has 1 atom stereocenters. The van der Waals surface area contributed by atoms with Crippen molar-refractivity contribution in [2.24, 2.45) is 5.73 Å². The topological polar surface area (TPSA) is 119 Å². The summed E-state index contributed by atoms with van der Waals surface area (Å²) in [5, 5.41) is 13.0. The molecule has 0 bridgehead atoms. The van der Waals surface area contributed by atoms with Crippen LogP contribution in [0.1, 0.15) is 30.4 Å². The number of carbonyl (C=O) groups excluding carboxylic acids is 1. The molecule has 1 aliphatic rings. The number of methoxy groups -OCH3 is 2. The van der Waals surface area contributed by atoms with Gasteiger partial charge in [-0.2, -0.15) is 5.26 Å². The lowest BCUT2D eigenvalue weighted by Gasteiger charge is -2.25. The highest BCUT2D eigenvalue weighted by molar-refractivity contribution is 7.07. The van der Waals surface area contributed by atoms with E-state index in [2.05, 4.69) is 11.4 Å². The second-order valence-electron chi connectivity index (χ2n) is 8.12. The van der Waals surface area contributed by atoms with E-state index in [9.17, 15) is 14.9 Å². The number of hydrogen-bond acceptors (Lipinski definition) is 7. The zero-order valence-electron chi connectivity index (χ0n) is 20.2. The minimum absolute atomic E-state index is 0.0241. The molecule has 0 spiro atoms. The van der Waals surface area contributed by atoms with Gasteiger partial charge in [0.2, 0.25) is 0 Å². The van der Waals surface area contributed by atoms with Crippen molar-refractivity contribution in [3.63, 3.8) is 0 Å². The second kappa shape index (κ2) is 10.5. The Bertz CT molecular complexity index is 1540. The molecule has 8 nitrogen and oxygen atoms in total. The van der Waals surface area contributed by atoms with Gasteiger partial charge in [-0.25, -0.2) is 0 Å². The average Bonchev–Trinajstić information content (AvgIpc) is 3.23. The first kappa shape index (κ1) is 24.8. The number of fused-ring (bicyclic) bond motifs is 1. The van der Waals surface area contributed by atoms with E-state index >= 15 is 0 Å². The van der Waals surface area contributed by atoms with Gasteiger partial charge < -0.3 is 20.5 Å². The van der Waals surface area contributed by atoms with E-state index in [0.717, 1.165) is 12.0 Å². The first-order valence-corrected chi connectivity index (χ1v) is 12.2. The van der Waals surface area contributed by atoms with Crippen LogP contribution in [0.2, 0.25) is 0 Å². The quantitative estimate of drug-likeness (QED) is 0.509. The van der Waals surface area contributed by atoms with Crippen LogP contribution in [0.5, 0.6) is 11.5 Å². The fraction of sp³-hybridized carbons (Fsp3) is 0.222. The molecule has 184 valence electrons. The zero-order valence-corrected chi connectivity index (χ0v) is 21.0. The van der Waals surface area contributed by atoms with Crippen molar-refractivity contribution in [3.05, 3.63) is 84.8 Å². The van der Waals surface area contributed by atoms with E-state index in [4.69, 9.17) is 15.2 Å². The summed E-state index contributed by atoms with van der Waals surface area (Å²) in [7, 11) is 3.15. The van der Waals surface area contributed by atoms with Gasteiger partial charge in [0, 0.05) is 6.54 Å². The minimum atomic E-state index is -0.732. The van der Waals surface area contributed by atoms with E-state index in [1.54, 1.807) is 56.7 Å². The number of thiazole rings is 1. The van der Waals surface area contributed by atoms with Crippen LogP contribution in [0.4, 0.5) is 0 Å². The second-order valence-corrected chi connectivity index (χ2v) is 9.15. The Balaban J connectivity index is 2.01. The predicted octanol–water partition coefficient (Wildman–Crippen LogP) is 1.88. The summed E-state index contributed by atoms with van der Waals surface area (Å²) in [6.07, 6.45) is 2.48. The fourth-order valence-electron chi connectivity index (χ4n) is 4.08. The first-order valence-electron chi connectivity index (χ1n) is 11.4. The maximum atomic E-state index is 13.5. The lowest BCUT2D eigenvalue weighted by Crippen LogP contribution is -2.42. The third-order valence-electron chi connectivity index (χ3n) is 5.91. The summed E-state index contributed by atoms with van der Waals surface area (Å²) in [6.45, 7) is 2.41. The van der Waals surface area contributed by atoms with Gasteiger partial charge in [0.15, 0.2) is 0 Å². The Morgan fingerprint density at radius 3 is 2.31 bits per heavy atom. The lowest BCUT2D eigenvalue weighted by atomic mass is 9.83. The lowest BCUT2D eigenvalue weighted by molar-refractivity contribution is -0.115. The zero-order chi connectivity index (χ0) is 25.8. The summed E-state index contributed by atoms with van der Waals surface area (Å²) in [6, 6.07) is 16.5. The Kier molecular flexibility index (Phi) is 7.27. The number of hydrogen-bond donors (Lipinski definition) is 2. The van der Waals surface area contributed by atoms with Crippen LogP contribution in [-0.2, 0) is 4.79 Å². The highest BCUT2D eigenvalue weighted by Crippen LogP contribution is 2.36. The summed E-state index contributed by atoms with van der Waals surface area (Å²) in [5.41, 5.74) is 7.98. The van der Waals surface area contributed by atoms with Crippen molar-refractivity contribution in [1.29, 1.82) is 5.26 Å². The number of nitrogens with zero attached hydrogens (tertiary/aromatic N) is 2. The van der Waals surface area contributed by atoms with Crippen LogP contribution in [0.3, 0.4) is 0 Å². The predicted molar refractivity (Wildman–Crippen MR) is 140 cm³/mol. The number of nitriles is 1. The maximum Gasteiger partial charge on any atom is 0.274 e. The van der Waals surface area contributed by atoms with Crippen molar-refractivity contribution in [1.82, 2.24) is 9.88 Å². The SMILES string of the molecule is CCCNC(=O)C1=c2s/c(=C/c3ccc(OC)cc3)c(=O)n2C(N)=C(C#N)C1c1ccc(OC)cc1. The monoisotopic (exact) mass is 502 g/mol. The molecule has 0 saturated heterocycles. The van der Waals surface area contributed by atoms with Crippen LogP contribution in [0.25, 0.3) is 17.5 Å². The molecule has 9 heteroatoms. The van der Waals surface area contributed by atoms with Crippen molar-refractivity contribution in [2.45, 2.75) is 19.3 Å². The van der Waals surface area contributed by atoms with Gasteiger partial charge in [-0.05, 0) is 47.9 Å². The number of aromatic nitrogens is 1. The largest absolute Gasteiger partial charge is 0.497 e. The Labute approximate surface area is 212 Å². The highest BCUT2D eigenvalue weighted by Gasteiger charge is 2.35. The number of amides is 1. The minimum Gasteiger partial charge on any atom is -0.497 e. The summed E-state index contributed by atoms with van der Waals surface area (Å²) >= 11 is 1.18. The molecule has 0 fully saturated rings. The van der Waals surface area contributed by atoms with Crippen molar-refractivity contribution >= 4 is 34.7 Å². The summed E-state index contributed by atoms with van der Waals surface area (Å²) in [5.74, 6) is 0.293. The van der Waals surface area contributed by atoms with Gasteiger partial charge in [-0.3, -0.25) is 14.2 Å². The summed E-state index contributed by atoms with van der Waals surface area (Å²) in [4.78, 5) is 26.9. The molecule has 2 aromatic carbocycles. The van der Waals surface area contributed by atoms with Crippen LogP contribution in [0, 0.1) is 11.3 Å². The number of allylic oxidation sites excluding steroid dienone is 1. The standard InChI is InChI=1S/C27H26N4O4S/c1-4-13-30-25(32)23-22(17-7-11-19(35-3)12-8-17)20(15-28)24(29)31-26(33)21(36-27(23)31)14-16-5-9-18(34-2)10-6-16/h5-12,14,22H,4,13,29H2,1-3H3,(H,30,32)/b21-14+. The van der Waals surface area contributed by atoms with E-state index in [1.165, 1.54) is 15.9 Å². The van der Waals surface area contributed by atoms with Crippen LogP contribution >= 0.6 is 11.3 Å². The molecule has 0 radical (unpaired) electrons. The van der Waals surface area contributed by atoms with Gasteiger partial charge in [-0.1, -0.05) is 31.2 Å². The van der Waals surface area contributed by atoms with Crippen LogP contribution in [0.15, 0.2) is 58.9 Å². The van der Waals surface area contributed by atoms with Crippen molar-refractivity contribution in [3.8, 4) is 17.6 Å². The molecule has 0 saturated carbocycles. The molecule has 4 rings (SSSR count). The van der Waals surface area contributed by atoms with E-state index in [1.807, 2.05) is 19.1 Å². The summed E-state index contributed by atoms with van der Waals surface area (Å²) < 4.78 is 12.5. The fourth-order valence-corrected chi connectivity index (χ4v) is 5.26. The van der Waals surface area contributed by atoms with Gasteiger partial charge in [0.1, 0.15) is 22.0 Å². The average molecular weight is 503 g/mol. The Morgan fingerprint density at radius 2 is 1.75 bits per heavy atom. The first-order chi connectivity index (χ1) is 17.4. The van der Waals surface area contributed by atoms with Gasteiger partial charge >= 0.3 is 0 Å². The van der Waals surface area contributed by atoms with E-state index < -0.39 is 5.92 Å². The number of nitrogens with one attached hydrogen (secondary N) is 1. The van der Waals surface area contributed by atoms with E-state index in [-0.39, 0.29) is 22.9 Å². The normalized spacial score (nSPS) is 15.3. The van der Waals surface area contributed by atoms with Crippen molar-refractivity contribution < 1.29 is 14.3 Å². The Hall–Kier alpha value is -4.29.